The summed E-state index contributed by atoms with van der Waals surface area (Å²) in [6.45, 7) is 0. The van der Waals surface area contributed by atoms with Gasteiger partial charge in [-0.25, -0.2) is 4.39 Å². The van der Waals surface area contributed by atoms with E-state index in [-0.39, 0.29) is 15.7 Å². The number of rotatable bonds is 1. The van der Waals surface area contributed by atoms with Crippen LogP contribution in [0.3, 0.4) is 0 Å². The molecule has 1 heterocycles. The van der Waals surface area contributed by atoms with Gasteiger partial charge in [0.15, 0.2) is 0 Å². The summed E-state index contributed by atoms with van der Waals surface area (Å²) in [5, 5.41) is 0.386. The molecule has 0 saturated carbocycles. The minimum atomic E-state index is -4.54. The highest BCUT2D eigenvalue weighted by Gasteiger charge is 2.32. The maximum absolute atomic E-state index is 13.4. The lowest BCUT2D eigenvalue weighted by Gasteiger charge is -2.14. The van der Waals surface area contributed by atoms with Crippen molar-refractivity contribution in [1.29, 1.82) is 0 Å². The van der Waals surface area contributed by atoms with Gasteiger partial charge in [-0.3, -0.25) is 0 Å². The minimum Gasteiger partial charge on any atom is -0.314 e. The normalized spacial score (nSPS) is 12.1. The molecular weight excluding hydrogens is 341 g/mol. The molecule has 0 atom stereocenters. The molecule has 0 bridgehead atoms. The summed E-state index contributed by atoms with van der Waals surface area (Å²) in [5.41, 5.74) is -0.297. The lowest BCUT2D eigenvalue weighted by atomic mass is 10.2. The van der Waals surface area contributed by atoms with Crippen LogP contribution in [0.15, 0.2) is 42.6 Å². The fourth-order valence-electron chi connectivity index (χ4n) is 2.26. The van der Waals surface area contributed by atoms with E-state index >= 15 is 0 Å². The summed E-state index contributed by atoms with van der Waals surface area (Å²) in [6, 6.07) is 7.41. The fraction of sp³-hybridized carbons (Fsp3) is 0.0667. The van der Waals surface area contributed by atoms with Gasteiger partial charge in [0.25, 0.3) is 0 Å². The van der Waals surface area contributed by atoms with E-state index < -0.39 is 17.6 Å². The molecule has 1 aromatic heterocycles. The third-order valence-corrected chi connectivity index (χ3v) is 3.82. The van der Waals surface area contributed by atoms with Crippen LogP contribution >= 0.6 is 23.2 Å². The zero-order chi connectivity index (χ0) is 16.1. The van der Waals surface area contributed by atoms with Gasteiger partial charge < -0.3 is 4.57 Å². The lowest BCUT2D eigenvalue weighted by Crippen LogP contribution is -2.06. The molecule has 3 aromatic rings. The summed E-state index contributed by atoms with van der Waals surface area (Å²) in [6.07, 6.45) is -2.97. The van der Waals surface area contributed by atoms with Crippen molar-refractivity contribution in [1.82, 2.24) is 4.57 Å². The van der Waals surface area contributed by atoms with Gasteiger partial charge in [-0.1, -0.05) is 23.2 Å². The summed E-state index contributed by atoms with van der Waals surface area (Å²) in [7, 11) is 0. The average Bonchev–Trinajstić information content (AvgIpc) is 2.80. The molecule has 0 N–H and O–H groups in total. The van der Waals surface area contributed by atoms with Gasteiger partial charge in [-0.15, -0.1) is 0 Å². The fourth-order valence-corrected chi connectivity index (χ4v) is 2.92. The van der Waals surface area contributed by atoms with Crippen molar-refractivity contribution >= 4 is 34.1 Å². The smallest absolute Gasteiger partial charge is 0.314 e. The molecule has 0 fully saturated rings. The van der Waals surface area contributed by atoms with E-state index in [1.807, 2.05) is 0 Å². The van der Waals surface area contributed by atoms with Gasteiger partial charge in [-0.2, -0.15) is 13.2 Å². The largest absolute Gasteiger partial charge is 0.416 e. The second-order valence-corrected chi connectivity index (χ2v) is 5.49. The predicted molar refractivity (Wildman–Crippen MR) is 78.3 cm³/mol. The number of benzene rings is 2. The van der Waals surface area contributed by atoms with Crippen molar-refractivity contribution in [3.05, 3.63) is 64.0 Å². The molecule has 0 amide bonds. The molecule has 0 unspecified atom stereocenters. The number of alkyl halides is 3. The molecule has 0 spiro atoms. The first kappa shape index (κ1) is 15.2. The molecule has 0 aliphatic carbocycles. The van der Waals surface area contributed by atoms with Gasteiger partial charge in [0, 0.05) is 11.6 Å². The van der Waals surface area contributed by atoms with E-state index in [1.54, 1.807) is 18.3 Å². The van der Waals surface area contributed by atoms with Crippen LogP contribution < -0.4 is 0 Å². The molecule has 1 nitrogen and oxygen atoms in total. The average molecular weight is 348 g/mol. The molecule has 3 rings (SSSR count). The Labute approximate surface area is 132 Å². The van der Waals surface area contributed by atoms with Crippen LogP contribution in [0.5, 0.6) is 0 Å². The monoisotopic (exact) mass is 347 g/mol. The van der Waals surface area contributed by atoms with E-state index in [1.165, 1.54) is 16.7 Å². The molecule has 0 aliphatic heterocycles. The first-order chi connectivity index (χ1) is 10.3. The van der Waals surface area contributed by atoms with Gasteiger partial charge in [0.1, 0.15) is 5.82 Å². The first-order valence-corrected chi connectivity index (χ1v) is 6.86. The highest BCUT2D eigenvalue weighted by molar-refractivity contribution is 6.38. The van der Waals surface area contributed by atoms with Gasteiger partial charge in [0.05, 0.1) is 26.8 Å². The van der Waals surface area contributed by atoms with Crippen molar-refractivity contribution in [2.75, 3.05) is 0 Å². The summed E-state index contributed by atoms with van der Waals surface area (Å²) < 4.78 is 53.1. The van der Waals surface area contributed by atoms with Crippen molar-refractivity contribution in [2.45, 2.75) is 6.18 Å². The first-order valence-electron chi connectivity index (χ1n) is 6.10. The van der Waals surface area contributed by atoms with Crippen molar-refractivity contribution in [3.63, 3.8) is 0 Å². The third-order valence-electron chi connectivity index (χ3n) is 3.24. The van der Waals surface area contributed by atoms with Crippen LogP contribution in [0.2, 0.25) is 10.0 Å². The summed E-state index contributed by atoms with van der Waals surface area (Å²) in [5.74, 6) is -0.466. The van der Waals surface area contributed by atoms with Crippen molar-refractivity contribution < 1.29 is 17.6 Å². The molecule has 0 saturated heterocycles. The number of fused-ring (bicyclic) bond motifs is 1. The van der Waals surface area contributed by atoms with E-state index in [2.05, 4.69) is 0 Å². The summed E-state index contributed by atoms with van der Waals surface area (Å²) in [4.78, 5) is 0. The zero-order valence-corrected chi connectivity index (χ0v) is 12.3. The van der Waals surface area contributed by atoms with Crippen LogP contribution in [0.1, 0.15) is 5.56 Å². The number of aromatic nitrogens is 1. The minimum absolute atomic E-state index is 0.165. The molecule has 0 aliphatic rings. The Balaban J connectivity index is 2.25. The number of hydrogen-bond acceptors (Lipinski definition) is 0. The Morgan fingerprint density at radius 1 is 0.909 bits per heavy atom. The second kappa shape index (κ2) is 5.18. The maximum atomic E-state index is 13.4. The maximum Gasteiger partial charge on any atom is 0.416 e. The van der Waals surface area contributed by atoms with E-state index in [4.69, 9.17) is 23.2 Å². The van der Waals surface area contributed by atoms with Gasteiger partial charge in [0.2, 0.25) is 0 Å². The SMILES string of the molecule is Fc1ccc2ccn(-c3c(Cl)cc(C(F)(F)F)cc3Cl)c2c1. The van der Waals surface area contributed by atoms with Crippen LogP contribution in [0, 0.1) is 5.82 Å². The van der Waals surface area contributed by atoms with E-state index in [0.717, 1.165) is 12.1 Å². The molecular formula is C15H7Cl2F4N. The molecule has 0 radical (unpaired) electrons. The molecule has 7 heteroatoms. The van der Waals surface area contributed by atoms with E-state index in [0.29, 0.717) is 10.9 Å². The lowest BCUT2D eigenvalue weighted by molar-refractivity contribution is -0.137. The van der Waals surface area contributed by atoms with Gasteiger partial charge in [-0.05, 0) is 36.4 Å². The second-order valence-electron chi connectivity index (χ2n) is 4.68. The topological polar surface area (TPSA) is 4.93 Å². The van der Waals surface area contributed by atoms with Crippen LogP contribution in [0.25, 0.3) is 16.6 Å². The Morgan fingerprint density at radius 2 is 1.55 bits per heavy atom. The Bertz CT molecular complexity index is 845. The molecule has 22 heavy (non-hydrogen) atoms. The Morgan fingerprint density at radius 3 is 2.14 bits per heavy atom. The van der Waals surface area contributed by atoms with Crippen LogP contribution in [-0.4, -0.2) is 4.57 Å². The number of halogens is 6. The van der Waals surface area contributed by atoms with Crippen molar-refractivity contribution in [2.24, 2.45) is 0 Å². The van der Waals surface area contributed by atoms with Gasteiger partial charge >= 0.3 is 6.18 Å². The quantitative estimate of drug-likeness (QED) is 0.469. The molecule has 114 valence electrons. The highest BCUT2D eigenvalue weighted by atomic mass is 35.5. The van der Waals surface area contributed by atoms with E-state index in [9.17, 15) is 17.6 Å². The third kappa shape index (κ3) is 2.55. The van der Waals surface area contributed by atoms with Crippen molar-refractivity contribution in [3.8, 4) is 5.69 Å². The van der Waals surface area contributed by atoms with Crippen LogP contribution in [-0.2, 0) is 6.18 Å². The number of hydrogen-bond donors (Lipinski definition) is 0. The molecule has 2 aromatic carbocycles. The van der Waals surface area contributed by atoms with Crippen LogP contribution in [0.4, 0.5) is 17.6 Å². The predicted octanol–water partition coefficient (Wildman–Crippen LogP) is 6.10. The summed E-state index contributed by atoms with van der Waals surface area (Å²) >= 11 is 11.9. The number of nitrogens with zero attached hydrogens (tertiary/aromatic N) is 1. The highest BCUT2D eigenvalue weighted by Crippen LogP contribution is 2.38. The Kier molecular flexibility index (Phi) is 3.57. The Hall–Kier alpha value is -1.72. The standard InChI is InChI=1S/C15H7Cl2F4N/c16-11-5-9(15(19,20)21)6-12(17)14(11)22-4-3-8-1-2-10(18)7-13(8)22/h1-7H. The zero-order valence-electron chi connectivity index (χ0n) is 10.8.